The van der Waals surface area contributed by atoms with Crippen molar-refractivity contribution in [1.82, 2.24) is 4.90 Å². The van der Waals surface area contributed by atoms with Crippen molar-refractivity contribution in [2.75, 3.05) is 13.2 Å². The fourth-order valence-corrected chi connectivity index (χ4v) is 4.44. The van der Waals surface area contributed by atoms with Crippen molar-refractivity contribution in [2.45, 2.75) is 20.3 Å². The first-order valence-electron chi connectivity index (χ1n) is 9.16. The lowest BCUT2D eigenvalue weighted by Gasteiger charge is -2.16. The van der Waals surface area contributed by atoms with E-state index in [2.05, 4.69) is 0 Å². The number of benzene rings is 1. The second-order valence-electron chi connectivity index (χ2n) is 7.65. The molecular formula is C21H21NO5. The molecule has 27 heavy (non-hydrogen) atoms. The Bertz CT molecular complexity index is 857. The molecule has 4 atom stereocenters. The first-order chi connectivity index (χ1) is 12.9. The monoisotopic (exact) mass is 367 g/mol. The lowest BCUT2D eigenvalue weighted by molar-refractivity contribution is -0.152. The molecule has 1 heterocycles. The Balaban J connectivity index is 1.35. The Labute approximate surface area is 157 Å². The summed E-state index contributed by atoms with van der Waals surface area (Å²) in [5.74, 6) is -2.11. The number of likely N-dealkylation sites (tertiary alicyclic amines) is 1. The van der Waals surface area contributed by atoms with Crippen LogP contribution in [0, 0.1) is 37.5 Å². The second-order valence-corrected chi connectivity index (χ2v) is 7.65. The summed E-state index contributed by atoms with van der Waals surface area (Å²) in [5.41, 5.74) is 2.52. The number of hydrogen-bond donors (Lipinski definition) is 0. The van der Waals surface area contributed by atoms with E-state index >= 15 is 0 Å². The molecule has 4 rings (SSSR count). The molecule has 1 aromatic carbocycles. The van der Waals surface area contributed by atoms with Crippen molar-refractivity contribution in [1.29, 1.82) is 0 Å². The number of aryl methyl sites for hydroxylation is 2. The number of allylic oxidation sites excluding steroid dienone is 2. The third-order valence-electron chi connectivity index (χ3n) is 6.04. The van der Waals surface area contributed by atoms with Crippen LogP contribution in [0.25, 0.3) is 0 Å². The van der Waals surface area contributed by atoms with Crippen LogP contribution in [0.4, 0.5) is 0 Å². The van der Waals surface area contributed by atoms with E-state index in [4.69, 9.17) is 4.74 Å². The van der Waals surface area contributed by atoms with Gasteiger partial charge in [-0.25, -0.2) is 0 Å². The van der Waals surface area contributed by atoms with Gasteiger partial charge in [0.05, 0.1) is 11.8 Å². The van der Waals surface area contributed by atoms with Crippen molar-refractivity contribution >= 4 is 23.6 Å². The van der Waals surface area contributed by atoms with E-state index in [9.17, 15) is 19.2 Å². The van der Waals surface area contributed by atoms with Gasteiger partial charge in [0.2, 0.25) is 11.8 Å². The summed E-state index contributed by atoms with van der Waals surface area (Å²) in [7, 11) is 0. The van der Waals surface area contributed by atoms with Gasteiger partial charge in [-0.3, -0.25) is 24.1 Å². The summed E-state index contributed by atoms with van der Waals surface area (Å²) >= 11 is 0. The third kappa shape index (κ3) is 2.89. The highest BCUT2D eigenvalue weighted by molar-refractivity contribution is 6.08. The van der Waals surface area contributed by atoms with E-state index in [0.29, 0.717) is 5.56 Å². The summed E-state index contributed by atoms with van der Waals surface area (Å²) in [4.78, 5) is 50.4. The molecule has 2 bridgehead atoms. The summed E-state index contributed by atoms with van der Waals surface area (Å²) in [6.07, 6.45) is 4.84. The third-order valence-corrected chi connectivity index (χ3v) is 6.04. The maximum Gasteiger partial charge on any atom is 0.326 e. The smallest absolute Gasteiger partial charge is 0.326 e. The first-order valence-corrected chi connectivity index (χ1v) is 9.16. The maximum absolute atomic E-state index is 12.5. The standard InChI is InChI=1S/C21H21NO5/c1-11-3-4-13(7-12(11)2)16(23)10-27-17(24)9-22-20(25)18-14-5-6-15(8-14)19(18)21(22)26/h3-7,14-15,18-19H,8-10H2,1-2H3/t14-,15-,18+,19+/m0/s1. The van der Waals surface area contributed by atoms with Crippen LogP contribution in [0.2, 0.25) is 0 Å². The minimum Gasteiger partial charge on any atom is -0.456 e. The van der Waals surface area contributed by atoms with Crippen molar-refractivity contribution in [3.05, 3.63) is 47.0 Å². The van der Waals surface area contributed by atoms with E-state index < -0.39 is 19.1 Å². The van der Waals surface area contributed by atoms with Gasteiger partial charge >= 0.3 is 5.97 Å². The van der Waals surface area contributed by atoms with Crippen molar-refractivity contribution < 1.29 is 23.9 Å². The Morgan fingerprint density at radius 1 is 1.04 bits per heavy atom. The molecule has 6 nitrogen and oxygen atoms in total. The highest BCUT2D eigenvalue weighted by atomic mass is 16.5. The zero-order chi connectivity index (χ0) is 19.3. The fourth-order valence-electron chi connectivity index (χ4n) is 4.44. The highest BCUT2D eigenvalue weighted by Crippen LogP contribution is 2.52. The molecule has 0 aromatic heterocycles. The quantitative estimate of drug-likeness (QED) is 0.343. The van der Waals surface area contributed by atoms with E-state index in [1.54, 1.807) is 12.1 Å². The molecule has 2 amide bonds. The average Bonchev–Trinajstić information content (AvgIpc) is 3.32. The van der Waals surface area contributed by atoms with Crippen LogP contribution in [-0.4, -0.2) is 41.6 Å². The molecule has 1 saturated carbocycles. The van der Waals surface area contributed by atoms with Crippen LogP contribution in [0.3, 0.4) is 0 Å². The highest BCUT2D eigenvalue weighted by Gasteiger charge is 2.59. The van der Waals surface area contributed by atoms with Gasteiger partial charge in [-0.2, -0.15) is 0 Å². The fraction of sp³-hybridized carbons (Fsp3) is 0.429. The predicted octanol–water partition coefficient (Wildman–Crippen LogP) is 1.84. The molecule has 0 N–H and O–H groups in total. The molecule has 3 aliphatic rings. The number of nitrogens with zero attached hydrogens (tertiary/aromatic N) is 1. The van der Waals surface area contributed by atoms with E-state index in [-0.39, 0.29) is 41.3 Å². The number of amides is 2. The van der Waals surface area contributed by atoms with Crippen LogP contribution < -0.4 is 0 Å². The van der Waals surface area contributed by atoms with Crippen LogP contribution in [0.5, 0.6) is 0 Å². The van der Waals surface area contributed by atoms with Crippen LogP contribution in [0.1, 0.15) is 27.9 Å². The van der Waals surface area contributed by atoms with Gasteiger partial charge in [0.15, 0.2) is 12.4 Å². The molecule has 0 spiro atoms. The minimum atomic E-state index is -0.742. The molecular weight excluding hydrogens is 346 g/mol. The van der Waals surface area contributed by atoms with Gasteiger partial charge in [-0.05, 0) is 49.3 Å². The SMILES string of the molecule is Cc1ccc(C(=O)COC(=O)CN2C(=O)[C@H]3[C@H](C2=O)[C@H]2C=C[C@H]3C2)cc1C. The molecule has 0 unspecified atom stereocenters. The number of ketones is 1. The lowest BCUT2D eigenvalue weighted by atomic mass is 9.85. The van der Waals surface area contributed by atoms with Gasteiger partial charge in [-0.15, -0.1) is 0 Å². The van der Waals surface area contributed by atoms with Crippen molar-refractivity contribution in [3.63, 3.8) is 0 Å². The van der Waals surface area contributed by atoms with E-state index in [0.717, 1.165) is 22.4 Å². The van der Waals surface area contributed by atoms with Gasteiger partial charge in [0.25, 0.3) is 0 Å². The van der Waals surface area contributed by atoms with Crippen molar-refractivity contribution in [2.24, 2.45) is 23.7 Å². The molecule has 140 valence electrons. The van der Waals surface area contributed by atoms with Crippen LogP contribution in [-0.2, 0) is 19.1 Å². The number of Topliss-reactive ketones (excluding diaryl/α,β-unsaturated/α-hetero) is 1. The zero-order valence-electron chi connectivity index (χ0n) is 15.3. The van der Waals surface area contributed by atoms with Crippen molar-refractivity contribution in [3.8, 4) is 0 Å². The van der Waals surface area contributed by atoms with E-state index in [1.165, 1.54) is 0 Å². The van der Waals surface area contributed by atoms with Gasteiger partial charge in [-0.1, -0.05) is 24.3 Å². The Kier molecular flexibility index (Phi) is 4.21. The number of fused-ring (bicyclic) bond motifs is 5. The molecule has 2 fully saturated rings. The summed E-state index contributed by atoms with van der Waals surface area (Å²) in [6.45, 7) is 3.02. The molecule has 0 radical (unpaired) electrons. The molecule has 6 heteroatoms. The van der Waals surface area contributed by atoms with Gasteiger partial charge in [0, 0.05) is 5.56 Å². The van der Waals surface area contributed by atoms with E-state index in [1.807, 2.05) is 32.1 Å². The minimum absolute atomic E-state index is 0.101. The Morgan fingerprint density at radius 3 is 2.26 bits per heavy atom. The number of carbonyl (C=O) groups is 4. The van der Waals surface area contributed by atoms with Crippen LogP contribution in [0.15, 0.2) is 30.4 Å². The normalized spacial score (nSPS) is 28.0. The zero-order valence-corrected chi connectivity index (χ0v) is 15.3. The second kappa shape index (κ2) is 6.44. The number of esters is 1. The number of carbonyl (C=O) groups excluding carboxylic acids is 4. The number of rotatable bonds is 5. The average molecular weight is 367 g/mol. The topological polar surface area (TPSA) is 80.8 Å². The Hall–Kier alpha value is -2.76. The Morgan fingerprint density at radius 2 is 1.67 bits per heavy atom. The summed E-state index contributed by atoms with van der Waals surface area (Å²) in [5, 5.41) is 0. The largest absolute Gasteiger partial charge is 0.456 e. The number of imide groups is 1. The predicted molar refractivity (Wildman–Crippen MR) is 95.6 cm³/mol. The van der Waals surface area contributed by atoms with Crippen LogP contribution >= 0.6 is 0 Å². The molecule has 1 aromatic rings. The van der Waals surface area contributed by atoms with Gasteiger partial charge < -0.3 is 4.74 Å². The number of ether oxygens (including phenoxy) is 1. The summed E-state index contributed by atoms with van der Waals surface area (Å²) in [6, 6.07) is 5.28. The maximum atomic E-state index is 12.5. The van der Waals surface area contributed by atoms with Gasteiger partial charge in [0.1, 0.15) is 6.54 Å². The molecule has 1 saturated heterocycles. The first kappa shape index (κ1) is 17.6. The molecule has 2 aliphatic carbocycles. The lowest BCUT2D eigenvalue weighted by Crippen LogP contribution is -2.38. The number of hydrogen-bond acceptors (Lipinski definition) is 5. The molecule has 1 aliphatic heterocycles. The summed E-state index contributed by atoms with van der Waals surface area (Å²) < 4.78 is 5.03.